The van der Waals surface area contributed by atoms with Gasteiger partial charge in [0.05, 0.1) is 25.7 Å². The number of aryl methyl sites for hydroxylation is 1. The van der Waals surface area contributed by atoms with Gasteiger partial charge in [0.15, 0.2) is 6.10 Å². The molecule has 0 N–H and O–H groups in total. The highest BCUT2D eigenvalue weighted by atomic mass is 16.6. The Morgan fingerprint density at radius 1 is 1.38 bits per heavy atom. The Labute approximate surface area is 142 Å². The molecule has 3 heterocycles. The van der Waals surface area contributed by atoms with E-state index >= 15 is 0 Å². The van der Waals surface area contributed by atoms with Crippen LogP contribution in [0.15, 0.2) is 18.3 Å². The molecule has 6 heteroatoms. The second kappa shape index (κ2) is 6.89. The van der Waals surface area contributed by atoms with Gasteiger partial charge in [-0.25, -0.2) is 4.79 Å². The summed E-state index contributed by atoms with van der Waals surface area (Å²) in [6, 6.07) is 3.95. The van der Waals surface area contributed by atoms with Crippen molar-refractivity contribution >= 4 is 11.9 Å². The first-order valence-electron chi connectivity index (χ1n) is 8.45. The normalized spacial score (nSPS) is 29.2. The molecule has 0 unspecified atom stereocenters. The highest BCUT2D eigenvalue weighted by molar-refractivity contribution is 5.80. The molecule has 130 valence electrons. The first kappa shape index (κ1) is 16.9. The van der Waals surface area contributed by atoms with Crippen molar-refractivity contribution in [1.82, 2.24) is 9.88 Å². The average Bonchev–Trinajstić information content (AvgIpc) is 3.00. The first-order chi connectivity index (χ1) is 11.5. The Bertz CT molecular complexity index is 616. The number of rotatable bonds is 3. The van der Waals surface area contributed by atoms with Crippen molar-refractivity contribution in [2.24, 2.45) is 0 Å². The number of carbonyl (C=O) groups is 2. The summed E-state index contributed by atoms with van der Waals surface area (Å²) in [5, 5.41) is 0. The van der Waals surface area contributed by atoms with Crippen LogP contribution in [0.25, 0.3) is 0 Å². The number of aromatic nitrogens is 1. The summed E-state index contributed by atoms with van der Waals surface area (Å²) in [6.45, 7) is 3.98. The maximum absolute atomic E-state index is 12.9. The summed E-state index contributed by atoms with van der Waals surface area (Å²) < 4.78 is 10.6. The van der Waals surface area contributed by atoms with Gasteiger partial charge in [-0.3, -0.25) is 9.78 Å². The molecule has 1 aromatic heterocycles. The van der Waals surface area contributed by atoms with E-state index in [1.165, 1.54) is 7.11 Å². The van der Waals surface area contributed by atoms with E-state index in [9.17, 15) is 9.59 Å². The van der Waals surface area contributed by atoms with Crippen LogP contribution in [0.3, 0.4) is 0 Å². The van der Waals surface area contributed by atoms with E-state index in [1.807, 2.05) is 24.0 Å². The maximum atomic E-state index is 12.9. The van der Waals surface area contributed by atoms with Crippen molar-refractivity contribution < 1.29 is 19.1 Å². The van der Waals surface area contributed by atoms with E-state index in [4.69, 9.17) is 9.47 Å². The zero-order chi connectivity index (χ0) is 17.3. The van der Waals surface area contributed by atoms with Crippen LogP contribution in [0.1, 0.15) is 37.4 Å². The lowest BCUT2D eigenvalue weighted by molar-refractivity contribution is -0.154. The highest BCUT2D eigenvalue weighted by Gasteiger charge is 2.47. The Hall–Kier alpha value is -1.95. The Morgan fingerprint density at radius 2 is 2.17 bits per heavy atom. The zero-order valence-electron chi connectivity index (χ0n) is 14.4. The van der Waals surface area contributed by atoms with Gasteiger partial charge in [0.2, 0.25) is 5.91 Å². The number of amides is 1. The van der Waals surface area contributed by atoms with Crippen molar-refractivity contribution in [3.63, 3.8) is 0 Å². The van der Waals surface area contributed by atoms with Crippen molar-refractivity contribution in [3.05, 3.63) is 29.6 Å². The summed E-state index contributed by atoms with van der Waals surface area (Å²) in [6.07, 6.45) is 3.70. The van der Waals surface area contributed by atoms with Gasteiger partial charge >= 0.3 is 5.97 Å². The SMILES string of the molecule is COC(=O)[C@@H]1C[C@@H]2[C@@H](CC[C@H](C)N2C(=O)Cc2ccc(C)nc2)O1. The fourth-order valence-corrected chi connectivity index (χ4v) is 3.74. The fraction of sp³-hybridized carbons (Fsp3) is 0.611. The third-order valence-corrected chi connectivity index (χ3v) is 5.00. The minimum absolute atomic E-state index is 0.0521. The third kappa shape index (κ3) is 3.29. The number of likely N-dealkylation sites (tertiary alicyclic amines) is 1. The van der Waals surface area contributed by atoms with E-state index in [2.05, 4.69) is 11.9 Å². The number of nitrogens with zero attached hydrogens (tertiary/aromatic N) is 2. The molecule has 2 saturated heterocycles. The van der Waals surface area contributed by atoms with Gasteiger partial charge < -0.3 is 14.4 Å². The number of hydrogen-bond donors (Lipinski definition) is 0. The molecule has 0 aromatic carbocycles. The fourth-order valence-electron chi connectivity index (χ4n) is 3.74. The van der Waals surface area contributed by atoms with Gasteiger partial charge in [0, 0.05) is 24.4 Å². The molecule has 4 atom stereocenters. The van der Waals surface area contributed by atoms with Crippen molar-refractivity contribution in [2.45, 2.75) is 63.8 Å². The second-order valence-electron chi connectivity index (χ2n) is 6.70. The van der Waals surface area contributed by atoms with Crippen LogP contribution in [0.5, 0.6) is 0 Å². The van der Waals surface area contributed by atoms with Crippen LogP contribution in [-0.2, 0) is 25.5 Å². The number of hydrogen-bond acceptors (Lipinski definition) is 5. The number of carbonyl (C=O) groups excluding carboxylic acids is 2. The topological polar surface area (TPSA) is 68.7 Å². The van der Waals surface area contributed by atoms with E-state index in [0.29, 0.717) is 12.8 Å². The van der Waals surface area contributed by atoms with Crippen molar-refractivity contribution in [3.8, 4) is 0 Å². The molecule has 2 fully saturated rings. The predicted molar refractivity (Wildman–Crippen MR) is 87.3 cm³/mol. The monoisotopic (exact) mass is 332 g/mol. The molecule has 0 bridgehead atoms. The third-order valence-electron chi connectivity index (χ3n) is 5.00. The standard InChI is InChI=1S/C18H24N2O4/c1-11-4-6-13(10-19-11)8-17(21)20-12(2)5-7-15-14(20)9-16(24-15)18(22)23-3/h4,6,10,12,14-16H,5,7-9H2,1-3H3/t12-,14+,15+,16-/m0/s1. The van der Waals surface area contributed by atoms with E-state index < -0.39 is 6.10 Å². The summed E-state index contributed by atoms with van der Waals surface area (Å²) in [5.74, 6) is -0.288. The summed E-state index contributed by atoms with van der Waals surface area (Å²) in [4.78, 5) is 30.8. The number of fused-ring (bicyclic) bond motifs is 1. The molecule has 6 nitrogen and oxygen atoms in total. The van der Waals surface area contributed by atoms with Crippen LogP contribution in [0.2, 0.25) is 0 Å². The van der Waals surface area contributed by atoms with Gasteiger partial charge in [-0.2, -0.15) is 0 Å². The molecule has 1 amide bonds. The maximum Gasteiger partial charge on any atom is 0.335 e. The number of ether oxygens (including phenoxy) is 2. The molecule has 0 spiro atoms. The van der Waals surface area contributed by atoms with Crippen molar-refractivity contribution in [1.29, 1.82) is 0 Å². The molecule has 3 rings (SSSR count). The van der Waals surface area contributed by atoms with Gasteiger partial charge in [0.1, 0.15) is 0 Å². The summed E-state index contributed by atoms with van der Waals surface area (Å²) >= 11 is 0. The van der Waals surface area contributed by atoms with E-state index in [0.717, 1.165) is 24.1 Å². The summed E-state index contributed by atoms with van der Waals surface area (Å²) in [7, 11) is 1.36. The average molecular weight is 332 g/mol. The molecular formula is C18H24N2O4. The van der Waals surface area contributed by atoms with Crippen molar-refractivity contribution in [2.75, 3.05) is 7.11 Å². The van der Waals surface area contributed by atoms with Gasteiger partial charge in [0.25, 0.3) is 0 Å². The Balaban J connectivity index is 1.73. The molecule has 0 aliphatic carbocycles. The zero-order valence-corrected chi connectivity index (χ0v) is 14.4. The molecule has 0 saturated carbocycles. The lowest BCUT2D eigenvalue weighted by Gasteiger charge is -2.41. The highest BCUT2D eigenvalue weighted by Crippen LogP contribution is 2.35. The van der Waals surface area contributed by atoms with Crippen LogP contribution >= 0.6 is 0 Å². The number of methoxy groups -OCH3 is 1. The van der Waals surface area contributed by atoms with Crippen LogP contribution in [0.4, 0.5) is 0 Å². The lowest BCUT2D eigenvalue weighted by atomic mass is 9.92. The van der Waals surface area contributed by atoms with Crippen LogP contribution < -0.4 is 0 Å². The molecule has 1 aromatic rings. The predicted octanol–water partition coefficient (Wildman–Crippen LogP) is 1.64. The minimum Gasteiger partial charge on any atom is -0.467 e. The minimum atomic E-state index is -0.563. The van der Waals surface area contributed by atoms with E-state index in [-0.39, 0.29) is 30.1 Å². The smallest absolute Gasteiger partial charge is 0.335 e. The molecular weight excluding hydrogens is 308 g/mol. The van der Waals surface area contributed by atoms with Gasteiger partial charge in [-0.05, 0) is 38.3 Å². The summed E-state index contributed by atoms with van der Waals surface area (Å²) in [5.41, 5.74) is 1.84. The molecule has 2 aliphatic heterocycles. The molecule has 24 heavy (non-hydrogen) atoms. The number of pyridine rings is 1. The van der Waals surface area contributed by atoms with Gasteiger partial charge in [-0.15, -0.1) is 0 Å². The lowest BCUT2D eigenvalue weighted by Crippen LogP contribution is -2.53. The molecule has 0 radical (unpaired) electrons. The Morgan fingerprint density at radius 3 is 2.83 bits per heavy atom. The largest absolute Gasteiger partial charge is 0.467 e. The van der Waals surface area contributed by atoms with Crippen LogP contribution in [-0.4, -0.2) is 53.2 Å². The van der Waals surface area contributed by atoms with E-state index in [1.54, 1.807) is 6.20 Å². The Kier molecular flexibility index (Phi) is 4.85. The molecule has 2 aliphatic rings. The van der Waals surface area contributed by atoms with Crippen LogP contribution in [0, 0.1) is 6.92 Å². The number of esters is 1. The number of piperidine rings is 1. The quantitative estimate of drug-likeness (QED) is 0.787. The van der Waals surface area contributed by atoms with Gasteiger partial charge in [-0.1, -0.05) is 6.07 Å². The first-order valence-corrected chi connectivity index (χ1v) is 8.45. The second-order valence-corrected chi connectivity index (χ2v) is 6.70.